The molecule has 0 bridgehead atoms. The molecule has 1 fully saturated rings. The molecule has 2 aliphatic rings. The quantitative estimate of drug-likeness (QED) is 0.913. The van der Waals surface area contributed by atoms with Gasteiger partial charge in [-0.25, -0.2) is 0 Å². The van der Waals surface area contributed by atoms with E-state index >= 15 is 0 Å². The molecule has 20 heavy (non-hydrogen) atoms. The number of nitrogens with zero attached hydrogens (tertiary/aromatic N) is 2. The van der Waals surface area contributed by atoms with Crippen LogP contribution in [0.25, 0.3) is 0 Å². The van der Waals surface area contributed by atoms with Gasteiger partial charge in [0, 0.05) is 19.1 Å². The maximum Gasteiger partial charge on any atom is 0.142 e. The maximum absolute atomic E-state index is 9.54. The van der Waals surface area contributed by atoms with E-state index in [4.69, 9.17) is 4.74 Å². The lowest BCUT2D eigenvalue weighted by Crippen LogP contribution is -2.51. The summed E-state index contributed by atoms with van der Waals surface area (Å²) in [5, 5.41) is 13.0. The molecular formula is C16H21N3O. The average molecular weight is 271 g/mol. The first kappa shape index (κ1) is 13.3. The van der Waals surface area contributed by atoms with E-state index in [2.05, 4.69) is 22.4 Å². The Morgan fingerprint density at radius 1 is 1.45 bits per heavy atom. The van der Waals surface area contributed by atoms with Crippen molar-refractivity contribution in [2.75, 3.05) is 24.6 Å². The van der Waals surface area contributed by atoms with Crippen LogP contribution in [0.1, 0.15) is 26.2 Å². The maximum atomic E-state index is 9.54. The van der Waals surface area contributed by atoms with Gasteiger partial charge in [0.2, 0.25) is 0 Å². The van der Waals surface area contributed by atoms with E-state index in [1.165, 1.54) is 12.8 Å². The zero-order valence-electron chi connectivity index (χ0n) is 11.9. The minimum Gasteiger partial charge on any atom is -0.491 e. The lowest BCUT2D eigenvalue weighted by Gasteiger charge is -2.32. The number of ether oxygens (including phenoxy) is 1. The molecule has 0 amide bonds. The van der Waals surface area contributed by atoms with Crippen LogP contribution in [0.3, 0.4) is 0 Å². The first-order chi connectivity index (χ1) is 9.70. The molecule has 0 aromatic heterocycles. The van der Waals surface area contributed by atoms with E-state index in [1.807, 2.05) is 25.1 Å². The van der Waals surface area contributed by atoms with Gasteiger partial charge in [0.15, 0.2) is 0 Å². The topological polar surface area (TPSA) is 48.3 Å². The van der Waals surface area contributed by atoms with Crippen molar-refractivity contribution in [3.63, 3.8) is 0 Å². The standard InChI is InChI=1S/C16H21N3O/c1-16(11-17,18-13-7-8-13)12-19-9-4-10-20-15-6-3-2-5-14(15)19/h2-3,5-6,13,18H,4,7-10,12H2,1H3. The van der Waals surface area contributed by atoms with Gasteiger partial charge in [-0.1, -0.05) is 12.1 Å². The number of hydrogen-bond donors (Lipinski definition) is 1. The fraction of sp³-hybridized carbons (Fsp3) is 0.562. The van der Waals surface area contributed by atoms with Gasteiger partial charge in [-0.3, -0.25) is 5.32 Å². The van der Waals surface area contributed by atoms with Gasteiger partial charge in [-0.2, -0.15) is 5.26 Å². The highest BCUT2D eigenvalue weighted by Crippen LogP contribution is 2.32. The largest absolute Gasteiger partial charge is 0.491 e. The smallest absolute Gasteiger partial charge is 0.142 e. The van der Waals surface area contributed by atoms with Crippen molar-refractivity contribution in [2.24, 2.45) is 0 Å². The Bertz CT molecular complexity index is 521. The van der Waals surface area contributed by atoms with Crippen LogP contribution in [0.4, 0.5) is 5.69 Å². The summed E-state index contributed by atoms with van der Waals surface area (Å²) in [7, 11) is 0. The second-order valence-corrected chi connectivity index (χ2v) is 5.95. The molecule has 1 aliphatic carbocycles. The molecule has 0 radical (unpaired) electrons. The number of para-hydroxylation sites is 2. The molecule has 1 atom stereocenters. The SMILES string of the molecule is CC(C#N)(CN1CCCOc2ccccc21)NC1CC1. The number of hydrogen-bond acceptors (Lipinski definition) is 4. The summed E-state index contributed by atoms with van der Waals surface area (Å²) in [4.78, 5) is 2.28. The fourth-order valence-electron chi connectivity index (χ4n) is 2.74. The fourth-order valence-corrected chi connectivity index (χ4v) is 2.74. The van der Waals surface area contributed by atoms with Gasteiger partial charge in [0.25, 0.3) is 0 Å². The molecule has 4 nitrogen and oxygen atoms in total. The van der Waals surface area contributed by atoms with Crippen LogP contribution >= 0.6 is 0 Å². The van der Waals surface area contributed by atoms with Crippen molar-refractivity contribution >= 4 is 5.69 Å². The summed E-state index contributed by atoms with van der Waals surface area (Å²) in [6.45, 7) is 4.37. The number of nitrogens with one attached hydrogen (secondary N) is 1. The van der Waals surface area contributed by atoms with Gasteiger partial charge in [0.1, 0.15) is 11.3 Å². The summed E-state index contributed by atoms with van der Waals surface area (Å²) < 4.78 is 5.78. The zero-order valence-corrected chi connectivity index (χ0v) is 11.9. The second-order valence-electron chi connectivity index (χ2n) is 5.95. The predicted octanol–water partition coefficient (Wildman–Crippen LogP) is 2.31. The van der Waals surface area contributed by atoms with Crippen molar-refractivity contribution in [1.29, 1.82) is 5.26 Å². The van der Waals surface area contributed by atoms with Gasteiger partial charge < -0.3 is 9.64 Å². The third kappa shape index (κ3) is 2.88. The first-order valence-electron chi connectivity index (χ1n) is 7.36. The van der Waals surface area contributed by atoms with E-state index in [1.54, 1.807) is 0 Å². The number of benzene rings is 1. The van der Waals surface area contributed by atoms with E-state index in [-0.39, 0.29) is 0 Å². The van der Waals surface area contributed by atoms with Crippen LogP contribution in [0.5, 0.6) is 5.75 Å². The molecule has 1 N–H and O–H groups in total. The summed E-state index contributed by atoms with van der Waals surface area (Å²) in [5.41, 5.74) is 0.600. The molecule has 1 unspecified atom stereocenters. The average Bonchev–Trinajstić information content (AvgIpc) is 3.27. The molecule has 0 spiro atoms. The zero-order chi connectivity index (χ0) is 14.0. The van der Waals surface area contributed by atoms with E-state index in [0.29, 0.717) is 12.6 Å². The minimum atomic E-state index is -0.501. The molecule has 1 aromatic rings. The van der Waals surface area contributed by atoms with Gasteiger partial charge in [-0.05, 0) is 38.3 Å². The third-order valence-corrected chi connectivity index (χ3v) is 3.89. The Kier molecular flexibility index (Phi) is 3.54. The van der Waals surface area contributed by atoms with Crippen molar-refractivity contribution in [1.82, 2.24) is 5.32 Å². The predicted molar refractivity (Wildman–Crippen MR) is 78.9 cm³/mol. The van der Waals surface area contributed by atoms with Gasteiger partial charge in [0.05, 0.1) is 18.4 Å². The summed E-state index contributed by atoms with van der Waals surface area (Å²) in [6, 6.07) is 11.1. The molecule has 106 valence electrons. The van der Waals surface area contributed by atoms with Gasteiger partial charge >= 0.3 is 0 Å². The third-order valence-electron chi connectivity index (χ3n) is 3.89. The highest BCUT2D eigenvalue weighted by atomic mass is 16.5. The number of nitriles is 1. The molecule has 1 saturated carbocycles. The van der Waals surface area contributed by atoms with E-state index < -0.39 is 5.54 Å². The molecule has 3 rings (SSSR count). The summed E-state index contributed by atoms with van der Waals surface area (Å²) in [5.74, 6) is 0.928. The Balaban J connectivity index is 1.80. The first-order valence-corrected chi connectivity index (χ1v) is 7.36. The Hall–Kier alpha value is -1.73. The van der Waals surface area contributed by atoms with Crippen molar-refractivity contribution < 1.29 is 4.74 Å². The minimum absolute atomic E-state index is 0.501. The second kappa shape index (κ2) is 5.34. The number of rotatable bonds is 4. The van der Waals surface area contributed by atoms with Crippen LogP contribution in [0.2, 0.25) is 0 Å². The Labute approximate surface area is 120 Å². The van der Waals surface area contributed by atoms with Crippen LogP contribution in [0.15, 0.2) is 24.3 Å². The normalized spacial score (nSPS) is 21.1. The monoisotopic (exact) mass is 271 g/mol. The van der Waals surface area contributed by atoms with Crippen LogP contribution in [0, 0.1) is 11.3 Å². The molecule has 1 aliphatic heterocycles. The number of fused-ring (bicyclic) bond motifs is 1. The molecule has 0 saturated heterocycles. The van der Waals surface area contributed by atoms with Crippen molar-refractivity contribution in [3.8, 4) is 11.8 Å². The van der Waals surface area contributed by atoms with Crippen molar-refractivity contribution in [3.05, 3.63) is 24.3 Å². The van der Waals surface area contributed by atoms with E-state index in [9.17, 15) is 5.26 Å². The molecular weight excluding hydrogens is 250 g/mol. The Morgan fingerprint density at radius 2 is 2.25 bits per heavy atom. The van der Waals surface area contributed by atoms with Crippen LogP contribution in [-0.2, 0) is 0 Å². The molecule has 4 heteroatoms. The highest BCUT2D eigenvalue weighted by molar-refractivity contribution is 5.59. The molecule has 1 heterocycles. The lowest BCUT2D eigenvalue weighted by molar-refractivity contribution is 0.322. The van der Waals surface area contributed by atoms with Gasteiger partial charge in [-0.15, -0.1) is 0 Å². The van der Waals surface area contributed by atoms with Crippen molar-refractivity contribution in [2.45, 2.75) is 37.8 Å². The van der Waals surface area contributed by atoms with Crippen LogP contribution < -0.4 is 15.0 Å². The van der Waals surface area contributed by atoms with E-state index in [0.717, 1.165) is 31.0 Å². The van der Waals surface area contributed by atoms with Crippen LogP contribution in [-0.4, -0.2) is 31.3 Å². The summed E-state index contributed by atoms with van der Waals surface area (Å²) in [6.07, 6.45) is 3.37. The molecule has 1 aromatic carbocycles. The summed E-state index contributed by atoms with van der Waals surface area (Å²) >= 11 is 0. The Morgan fingerprint density at radius 3 is 3.00 bits per heavy atom. The number of anilines is 1. The highest BCUT2D eigenvalue weighted by Gasteiger charge is 2.34. The lowest BCUT2D eigenvalue weighted by atomic mass is 10.0.